The van der Waals surface area contributed by atoms with E-state index in [1.807, 2.05) is 18.2 Å². The van der Waals surface area contributed by atoms with Crippen molar-refractivity contribution in [1.29, 1.82) is 0 Å². The lowest BCUT2D eigenvalue weighted by Gasteiger charge is -2.14. The molecule has 3 aromatic rings. The minimum Gasteiger partial charge on any atom is -0.467 e. The molecule has 1 heterocycles. The zero-order chi connectivity index (χ0) is 16.7. The fourth-order valence-electron chi connectivity index (χ4n) is 3.16. The van der Waals surface area contributed by atoms with E-state index in [2.05, 4.69) is 28.2 Å². The van der Waals surface area contributed by atoms with Gasteiger partial charge < -0.3 is 16.2 Å². The van der Waals surface area contributed by atoms with E-state index in [0.29, 0.717) is 29.7 Å². The van der Waals surface area contributed by atoms with Crippen molar-refractivity contribution in [2.45, 2.75) is 25.2 Å². The molecule has 0 saturated heterocycles. The van der Waals surface area contributed by atoms with Gasteiger partial charge in [0.2, 0.25) is 0 Å². The first kappa shape index (κ1) is 14.8. The van der Waals surface area contributed by atoms with E-state index >= 15 is 0 Å². The van der Waals surface area contributed by atoms with E-state index in [0.717, 1.165) is 40.6 Å². The van der Waals surface area contributed by atoms with E-state index in [4.69, 9.17) is 16.2 Å². The molecule has 0 spiro atoms. The summed E-state index contributed by atoms with van der Waals surface area (Å²) in [5.74, 6) is 0.509. The first-order valence-electron chi connectivity index (χ1n) is 8.13. The summed E-state index contributed by atoms with van der Waals surface area (Å²) in [4.78, 5) is 9.04. The van der Waals surface area contributed by atoms with Crippen molar-refractivity contribution >= 4 is 22.3 Å². The summed E-state index contributed by atoms with van der Waals surface area (Å²) in [5, 5.41) is 0.835. The van der Waals surface area contributed by atoms with Crippen LogP contribution in [0.25, 0.3) is 10.9 Å². The molecule has 0 amide bonds. The molecule has 1 fully saturated rings. The molecule has 4 N–H and O–H groups in total. The molecule has 0 radical (unpaired) electrons. The van der Waals surface area contributed by atoms with Gasteiger partial charge >= 0.3 is 6.01 Å². The third kappa shape index (κ3) is 2.52. The van der Waals surface area contributed by atoms with Crippen LogP contribution in [0.5, 0.6) is 6.01 Å². The Labute approximate surface area is 140 Å². The lowest BCUT2D eigenvalue weighted by atomic mass is 9.99. The quantitative estimate of drug-likeness (QED) is 0.720. The number of nitrogens with two attached hydrogens (primary N) is 2. The predicted molar refractivity (Wildman–Crippen MR) is 96.1 cm³/mol. The van der Waals surface area contributed by atoms with Crippen LogP contribution in [0.1, 0.15) is 35.6 Å². The molecule has 5 nitrogen and oxygen atoms in total. The average Bonchev–Trinajstić information content (AvgIpc) is 3.43. The molecule has 5 heteroatoms. The van der Waals surface area contributed by atoms with Crippen LogP contribution in [0.15, 0.2) is 36.4 Å². The van der Waals surface area contributed by atoms with Gasteiger partial charge in [-0.15, -0.1) is 0 Å². The Kier molecular flexibility index (Phi) is 3.49. The minimum absolute atomic E-state index is 0.361. The van der Waals surface area contributed by atoms with Crippen LogP contribution in [-0.2, 0) is 6.42 Å². The number of nitrogens with zero attached hydrogens (tertiary/aromatic N) is 2. The summed E-state index contributed by atoms with van der Waals surface area (Å²) in [6.07, 6.45) is 2.98. The van der Waals surface area contributed by atoms with E-state index in [1.165, 1.54) is 0 Å². The average molecular weight is 320 g/mol. The number of aromatic nitrogens is 2. The van der Waals surface area contributed by atoms with Gasteiger partial charge in [-0.25, -0.2) is 0 Å². The molecule has 1 aromatic heterocycles. The van der Waals surface area contributed by atoms with E-state index in [-0.39, 0.29) is 0 Å². The second-order valence-electron chi connectivity index (χ2n) is 6.28. The van der Waals surface area contributed by atoms with Crippen LogP contribution in [0.3, 0.4) is 0 Å². The summed E-state index contributed by atoms with van der Waals surface area (Å²) >= 11 is 0. The van der Waals surface area contributed by atoms with Gasteiger partial charge in [0.1, 0.15) is 0 Å². The molecule has 0 atom stereocenters. The summed E-state index contributed by atoms with van der Waals surface area (Å²) < 4.78 is 5.29. The number of methoxy groups -OCH3 is 1. The standard InChI is InChI=1S/C19H20N4O/c1-24-19-22-14(9-11-5-3-2-4-6-11)16-15(23-19)10-13(12-7-8-12)17(20)18(16)21/h2-6,10,12H,7-9,20-21H2,1H3. The third-order valence-electron chi connectivity index (χ3n) is 4.57. The van der Waals surface area contributed by atoms with Crippen LogP contribution in [-0.4, -0.2) is 17.1 Å². The Bertz CT molecular complexity index is 904. The highest BCUT2D eigenvalue weighted by Gasteiger charge is 2.28. The Morgan fingerprint density at radius 3 is 2.50 bits per heavy atom. The van der Waals surface area contributed by atoms with Gasteiger partial charge in [-0.3, -0.25) is 0 Å². The molecule has 1 aliphatic carbocycles. The lowest BCUT2D eigenvalue weighted by molar-refractivity contribution is 0.380. The Morgan fingerprint density at radius 1 is 1.08 bits per heavy atom. The first-order chi connectivity index (χ1) is 11.7. The Hall–Kier alpha value is -2.82. The maximum atomic E-state index is 6.38. The van der Waals surface area contributed by atoms with Gasteiger partial charge in [-0.2, -0.15) is 9.97 Å². The molecule has 24 heavy (non-hydrogen) atoms. The monoisotopic (exact) mass is 320 g/mol. The van der Waals surface area contributed by atoms with E-state index < -0.39 is 0 Å². The van der Waals surface area contributed by atoms with Crippen LogP contribution < -0.4 is 16.2 Å². The smallest absolute Gasteiger partial charge is 0.316 e. The molecular formula is C19H20N4O. The number of hydrogen-bond acceptors (Lipinski definition) is 5. The predicted octanol–water partition coefficient (Wildman–Crippen LogP) is 3.27. The van der Waals surface area contributed by atoms with Gasteiger partial charge in [-0.05, 0) is 36.0 Å². The minimum atomic E-state index is 0.361. The van der Waals surface area contributed by atoms with Crippen molar-refractivity contribution in [3.05, 3.63) is 53.2 Å². The summed E-state index contributed by atoms with van der Waals surface area (Å²) in [6, 6.07) is 12.6. The highest BCUT2D eigenvalue weighted by molar-refractivity contribution is 6.00. The van der Waals surface area contributed by atoms with Crippen molar-refractivity contribution in [3.63, 3.8) is 0 Å². The number of hydrogen-bond donors (Lipinski definition) is 2. The molecule has 1 saturated carbocycles. The molecule has 1 aliphatic rings. The normalized spacial score (nSPS) is 14.0. The Balaban J connectivity index is 1.92. The fraction of sp³-hybridized carbons (Fsp3) is 0.263. The molecule has 0 unspecified atom stereocenters. The summed E-state index contributed by atoms with van der Waals surface area (Å²) in [6.45, 7) is 0. The summed E-state index contributed by atoms with van der Waals surface area (Å²) in [7, 11) is 1.58. The van der Waals surface area contributed by atoms with Crippen molar-refractivity contribution in [2.24, 2.45) is 0 Å². The molecular weight excluding hydrogens is 300 g/mol. The SMILES string of the molecule is COc1nc(Cc2ccccc2)c2c(N)c(N)c(C3CC3)cc2n1. The van der Waals surface area contributed by atoms with Crippen molar-refractivity contribution in [2.75, 3.05) is 18.6 Å². The number of nitrogen functional groups attached to an aromatic ring is 2. The van der Waals surface area contributed by atoms with Crippen LogP contribution in [0.2, 0.25) is 0 Å². The Morgan fingerprint density at radius 2 is 1.83 bits per heavy atom. The van der Waals surface area contributed by atoms with Gasteiger partial charge in [0.05, 0.1) is 29.7 Å². The number of anilines is 2. The summed E-state index contributed by atoms with van der Waals surface area (Å²) in [5.41, 5.74) is 17.9. The second kappa shape index (κ2) is 5.67. The molecule has 0 bridgehead atoms. The lowest BCUT2D eigenvalue weighted by Crippen LogP contribution is -2.06. The van der Waals surface area contributed by atoms with Crippen molar-refractivity contribution in [3.8, 4) is 6.01 Å². The van der Waals surface area contributed by atoms with Gasteiger partial charge in [0.15, 0.2) is 0 Å². The topological polar surface area (TPSA) is 87.0 Å². The largest absolute Gasteiger partial charge is 0.467 e. The third-order valence-corrected chi connectivity index (χ3v) is 4.57. The van der Waals surface area contributed by atoms with Crippen LogP contribution in [0.4, 0.5) is 11.4 Å². The van der Waals surface area contributed by atoms with Gasteiger partial charge in [-0.1, -0.05) is 30.3 Å². The van der Waals surface area contributed by atoms with E-state index in [1.54, 1.807) is 7.11 Å². The maximum absolute atomic E-state index is 6.38. The highest BCUT2D eigenvalue weighted by Crippen LogP contribution is 2.46. The number of fused-ring (bicyclic) bond motifs is 1. The maximum Gasteiger partial charge on any atom is 0.316 e. The van der Waals surface area contributed by atoms with Crippen molar-refractivity contribution in [1.82, 2.24) is 9.97 Å². The molecule has 0 aliphatic heterocycles. The zero-order valence-corrected chi connectivity index (χ0v) is 13.6. The highest BCUT2D eigenvalue weighted by atomic mass is 16.5. The molecule has 2 aromatic carbocycles. The second-order valence-corrected chi connectivity index (χ2v) is 6.28. The van der Waals surface area contributed by atoms with E-state index in [9.17, 15) is 0 Å². The first-order valence-corrected chi connectivity index (χ1v) is 8.13. The number of rotatable bonds is 4. The van der Waals surface area contributed by atoms with Crippen molar-refractivity contribution < 1.29 is 4.74 Å². The molecule has 4 rings (SSSR count). The number of ether oxygens (including phenoxy) is 1. The van der Waals surface area contributed by atoms with Gasteiger partial charge in [0.25, 0.3) is 0 Å². The number of benzene rings is 2. The van der Waals surface area contributed by atoms with Crippen LogP contribution in [0, 0.1) is 0 Å². The van der Waals surface area contributed by atoms with Gasteiger partial charge in [0, 0.05) is 11.8 Å². The zero-order valence-electron chi connectivity index (χ0n) is 13.6. The fourth-order valence-corrected chi connectivity index (χ4v) is 3.16. The van der Waals surface area contributed by atoms with Crippen LogP contribution >= 0.6 is 0 Å². The molecule has 122 valence electrons.